The number of aliphatic hydroxyl groups excluding tert-OH is 1. The Morgan fingerprint density at radius 1 is 1.00 bits per heavy atom. The first-order valence-electron chi connectivity index (χ1n) is 7.41. The fourth-order valence-electron chi connectivity index (χ4n) is 2.69. The molecule has 19 heavy (non-hydrogen) atoms. The predicted octanol–water partition coefficient (Wildman–Crippen LogP) is 4.14. The van der Waals surface area contributed by atoms with Crippen molar-refractivity contribution < 1.29 is 5.11 Å². The van der Waals surface area contributed by atoms with Crippen molar-refractivity contribution in [2.75, 3.05) is 19.6 Å². The van der Waals surface area contributed by atoms with Gasteiger partial charge in [0.15, 0.2) is 0 Å². The van der Waals surface area contributed by atoms with Crippen molar-refractivity contribution in [1.82, 2.24) is 4.90 Å². The van der Waals surface area contributed by atoms with Crippen LogP contribution in [-0.4, -0.2) is 29.6 Å². The second kappa shape index (κ2) is 8.03. The molecule has 0 aliphatic carbocycles. The number of aliphatic hydroxyl groups is 1. The van der Waals surface area contributed by atoms with Gasteiger partial charge in [-0.15, -0.1) is 0 Å². The van der Waals surface area contributed by atoms with E-state index >= 15 is 0 Å². The third-order valence-corrected chi connectivity index (χ3v) is 4.45. The van der Waals surface area contributed by atoms with Crippen LogP contribution in [0, 0.1) is 0 Å². The van der Waals surface area contributed by atoms with E-state index in [-0.39, 0.29) is 6.10 Å². The zero-order valence-electron chi connectivity index (χ0n) is 11.5. The molecule has 1 aliphatic heterocycles. The maximum atomic E-state index is 10.2. The molecule has 0 amide bonds. The molecule has 1 saturated heterocycles. The van der Waals surface area contributed by atoms with Crippen LogP contribution in [0.3, 0.4) is 0 Å². The predicted molar refractivity (Wildman–Crippen MR) is 83.2 cm³/mol. The molecule has 1 fully saturated rings. The highest BCUT2D eigenvalue weighted by Crippen LogP contribution is 2.20. The minimum absolute atomic E-state index is 0.335. The number of rotatable bonds is 4. The van der Waals surface area contributed by atoms with E-state index in [4.69, 9.17) is 0 Å². The monoisotopic (exact) mass is 325 g/mol. The Morgan fingerprint density at radius 2 is 1.58 bits per heavy atom. The molecule has 1 aromatic rings. The Bertz CT molecular complexity index is 358. The van der Waals surface area contributed by atoms with Gasteiger partial charge < -0.3 is 10.0 Å². The Morgan fingerprint density at radius 3 is 2.21 bits per heavy atom. The van der Waals surface area contributed by atoms with E-state index in [0.717, 1.165) is 23.0 Å². The minimum Gasteiger partial charge on any atom is -0.388 e. The molecule has 1 N–H and O–H groups in total. The summed E-state index contributed by atoms with van der Waals surface area (Å²) in [4.78, 5) is 2.52. The van der Waals surface area contributed by atoms with Gasteiger partial charge in [0.2, 0.25) is 0 Å². The van der Waals surface area contributed by atoms with E-state index < -0.39 is 0 Å². The van der Waals surface area contributed by atoms with Gasteiger partial charge in [0, 0.05) is 11.0 Å². The Balaban J connectivity index is 1.78. The van der Waals surface area contributed by atoms with Gasteiger partial charge in [0.05, 0.1) is 6.10 Å². The topological polar surface area (TPSA) is 23.5 Å². The number of hydrogen-bond donors (Lipinski definition) is 1. The molecule has 1 aliphatic rings. The summed E-state index contributed by atoms with van der Waals surface area (Å²) in [6.45, 7) is 3.41. The van der Waals surface area contributed by atoms with Crippen LogP contribution >= 0.6 is 15.9 Å². The first-order chi connectivity index (χ1) is 9.25. The molecule has 3 heteroatoms. The highest BCUT2D eigenvalue weighted by Gasteiger charge is 2.12. The summed E-state index contributed by atoms with van der Waals surface area (Å²) in [6.07, 6.45) is 7.26. The van der Waals surface area contributed by atoms with Crippen LogP contribution in [0.15, 0.2) is 28.7 Å². The number of halogens is 1. The summed E-state index contributed by atoms with van der Waals surface area (Å²) in [5, 5.41) is 10.2. The SMILES string of the molecule is OC(CCN1CCCCCCC1)c1ccc(Br)cc1. The van der Waals surface area contributed by atoms with Crippen molar-refractivity contribution in [3.8, 4) is 0 Å². The molecule has 0 spiro atoms. The number of hydrogen-bond acceptors (Lipinski definition) is 2. The van der Waals surface area contributed by atoms with Gasteiger partial charge in [-0.1, -0.05) is 47.3 Å². The lowest BCUT2D eigenvalue weighted by molar-refractivity contribution is 0.138. The van der Waals surface area contributed by atoms with Crippen molar-refractivity contribution >= 4 is 15.9 Å². The van der Waals surface area contributed by atoms with Crippen molar-refractivity contribution in [3.05, 3.63) is 34.3 Å². The van der Waals surface area contributed by atoms with Crippen molar-refractivity contribution in [3.63, 3.8) is 0 Å². The van der Waals surface area contributed by atoms with Crippen LogP contribution in [0.1, 0.15) is 50.2 Å². The summed E-state index contributed by atoms with van der Waals surface area (Å²) >= 11 is 3.42. The van der Waals surface area contributed by atoms with E-state index in [2.05, 4.69) is 20.8 Å². The summed E-state index contributed by atoms with van der Waals surface area (Å²) in [6, 6.07) is 7.99. The standard InChI is InChI=1S/C16H24BrNO/c17-15-8-6-14(7-9-15)16(19)10-13-18-11-4-2-1-3-5-12-18/h6-9,16,19H,1-5,10-13H2. The molecular formula is C16H24BrNO. The van der Waals surface area contributed by atoms with E-state index in [1.54, 1.807) is 0 Å². The van der Waals surface area contributed by atoms with Gasteiger partial charge in [-0.3, -0.25) is 0 Å². The summed E-state index contributed by atoms with van der Waals surface area (Å²) in [5.74, 6) is 0. The third kappa shape index (κ3) is 5.25. The molecule has 2 nitrogen and oxygen atoms in total. The molecule has 1 atom stereocenters. The Kier molecular flexibility index (Phi) is 6.35. The van der Waals surface area contributed by atoms with E-state index in [1.165, 1.54) is 45.2 Å². The first-order valence-corrected chi connectivity index (χ1v) is 8.21. The Labute approximate surface area is 124 Å². The van der Waals surface area contributed by atoms with Crippen molar-refractivity contribution in [2.45, 2.75) is 44.6 Å². The van der Waals surface area contributed by atoms with Crippen LogP contribution in [0.2, 0.25) is 0 Å². The lowest BCUT2D eigenvalue weighted by atomic mass is 10.1. The molecule has 1 heterocycles. The molecular weight excluding hydrogens is 302 g/mol. The maximum Gasteiger partial charge on any atom is 0.0802 e. The average Bonchev–Trinajstić information content (AvgIpc) is 2.38. The second-order valence-corrected chi connectivity index (χ2v) is 6.38. The van der Waals surface area contributed by atoms with Gasteiger partial charge in [-0.05, 0) is 50.0 Å². The van der Waals surface area contributed by atoms with Crippen LogP contribution in [0.25, 0.3) is 0 Å². The average molecular weight is 326 g/mol. The zero-order chi connectivity index (χ0) is 13.5. The van der Waals surface area contributed by atoms with E-state index in [0.29, 0.717) is 0 Å². The van der Waals surface area contributed by atoms with E-state index in [1.807, 2.05) is 24.3 Å². The molecule has 0 radical (unpaired) electrons. The molecule has 0 aromatic heterocycles. The van der Waals surface area contributed by atoms with Gasteiger partial charge in [-0.2, -0.15) is 0 Å². The zero-order valence-corrected chi connectivity index (χ0v) is 13.1. The van der Waals surface area contributed by atoms with Crippen LogP contribution in [-0.2, 0) is 0 Å². The van der Waals surface area contributed by atoms with Crippen LogP contribution < -0.4 is 0 Å². The van der Waals surface area contributed by atoms with Gasteiger partial charge in [-0.25, -0.2) is 0 Å². The van der Waals surface area contributed by atoms with Gasteiger partial charge >= 0.3 is 0 Å². The number of likely N-dealkylation sites (tertiary alicyclic amines) is 1. The number of benzene rings is 1. The molecule has 0 saturated carbocycles. The Hall–Kier alpha value is -0.380. The highest BCUT2D eigenvalue weighted by molar-refractivity contribution is 9.10. The van der Waals surface area contributed by atoms with Gasteiger partial charge in [0.1, 0.15) is 0 Å². The fourth-order valence-corrected chi connectivity index (χ4v) is 2.96. The fraction of sp³-hybridized carbons (Fsp3) is 0.625. The summed E-state index contributed by atoms with van der Waals surface area (Å²) in [5.41, 5.74) is 1.02. The van der Waals surface area contributed by atoms with Crippen molar-refractivity contribution in [2.24, 2.45) is 0 Å². The first kappa shape index (κ1) is 15.0. The maximum absolute atomic E-state index is 10.2. The minimum atomic E-state index is -0.335. The van der Waals surface area contributed by atoms with Crippen LogP contribution in [0.5, 0.6) is 0 Å². The number of nitrogens with zero attached hydrogens (tertiary/aromatic N) is 1. The quantitative estimate of drug-likeness (QED) is 0.899. The third-order valence-electron chi connectivity index (χ3n) is 3.92. The smallest absolute Gasteiger partial charge is 0.0802 e. The summed E-state index contributed by atoms with van der Waals surface area (Å²) in [7, 11) is 0. The normalized spacial score (nSPS) is 19.7. The van der Waals surface area contributed by atoms with E-state index in [9.17, 15) is 5.11 Å². The molecule has 106 valence electrons. The van der Waals surface area contributed by atoms with Crippen LogP contribution in [0.4, 0.5) is 0 Å². The lowest BCUT2D eigenvalue weighted by Gasteiger charge is -2.25. The second-order valence-electron chi connectivity index (χ2n) is 5.47. The van der Waals surface area contributed by atoms with Gasteiger partial charge in [0.25, 0.3) is 0 Å². The summed E-state index contributed by atoms with van der Waals surface area (Å²) < 4.78 is 1.06. The molecule has 1 aromatic carbocycles. The lowest BCUT2D eigenvalue weighted by Crippen LogP contribution is -2.29. The largest absolute Gasteiger partial charge is 0.388 e. The molecule has 1 unspecified atom stereocenters. The highest BCUT2D eigenvalue weighted by atomic mass is 79.9. The molecule has 2 rings (SSSR count). The van der Waals surface area contributed by atoms with Crippen molar-refractivity contribution in [1.29, 1.82) is 0 Å². The molecule has 0 bridgehead atoms.